The Labute approximate surface area is 146 Å². The van der Waals surface area contributed by atoms with E-state index in [1.165, 1.54) is 0 Å². The predicted molar refractivity (Wildman–Crippen MR) is 95.4 cm³/mol. The molecular formula is C21H34O3. The van der Waals surface area contributed by atoms with Gasteiger partial charge in [-0.05, 0) is 62.7 Å². The molecule has 3 rings (SSSR count). The van der Waals surface area contributed by atoms with Crippen molar-refractivity contribution >= 4 is 5.78 Å². The van der Waals surface area contributed by atoms with Crippen LogP contribution in [-0.2, 0) is 4.79 Å². The summed E-state index contributed by atoms with van der Waals surface area (Å²) in [5.41, 5.74) is -1.89. The fraction of sp³-hybridized carbons (Fsp3) is 0.857. The van der Waals surface area contributed by atoms with Crippen molar-refractivity contribution in [2.75, 3.05) is 0 Å². The molecule has 24 heavy (non-hydrogen) atoms. The topological polar surface area (TPSA) is 57.5 Å². The average molecular weight is 335 g/mol. The molecule has 0 aromatic heterocycles. The number of hydrogen-bond acceptors (Lipinski definition) is 3. The summed E-state index contributed by atoms with van der Waals surface area (Å²) in [4.78, 5) is 13.5. The molecule has 0 radical (unpaired) electrons. The molecule has 0 saturated heterocycles. The normalized spacial score (nSPS) is 54.5. The molecular weight excluding hydrogens is 300 g/mol. The van der Waals surface area contributed by atoms with Gasteiger partial charge in [0.25, 0.3) is 0 Å². The summed E-state index contributed by atoms with van der Waals surface area (Å²) in [7, 11) is 0. The highest BCUT2D eigenvalue weighted by Gasteiger charge is 2.64. The van der Waals surface area contributed by atoms with E-state index < -0.39 is 17.1 Å². The Balaban J connectivity index is 2.05. The summed E-state index contributed by atoms with van der Waals surface area (Å²) in [5, 5.41) is 21.3. The van der Waals surface area contributed by atoms with Gasteiger partial charge >= 0.3 is 0 Å². The van der Waals surface area contributed by atoms with Crippen LogP contribution in [0.25, 0.3) is 0 Å². The van der Waals surface area contributed by atoms with Gasteiger partial charge in [-0.15, -0.1) is 0 Å². The second-order valence-corrected chi connectivity index (χ2v) is 9.97. The maximum atomic E-state index is 13.5. The third-order valence-corrected chi connectivity index (χ3v) is 8.25. The van der Waals surface area contributed by atoms with Gasteiger partial charge in [-0.25, -0.2) is 0 Å². The van der Waals surface area contributed by atoms with Crippen LogP contribution in [0, 0.1) is 34.0 Å². The summed E-state index contributed by atoms with van der Waals surface area (Å²) in [5.74, 6) is 0.847. The highest BCUT2D eigenvalue weighted by atomic mass is 16.3. The van der Waals surface area contributed by atoms with Crippen molar-refractivity contribution in [2.45, 2.75) is 78.9 Å². The van der Waals surface area contributed by atoms with Crippen LogP contribution in [0.2, 0.25) is 0 Å². The molecule has 3 heteroatoms. The number of fused-ring (bicyclic) bond motifs is 3. The van der Waals surface area contributed by atoms with Gasteiger partial charge in [-0.2, -0.15) is 0 Å². The summed E-state index contributed by atoms with van der Waals surface area (Å²) in [6.45, 7) is 12.5. The second kappa shape index (κ2) is 5.17. The van der Waals surface area contributed by atoms with Crippen LogP contribution >= 0.6 is 0 Å². The van der Waals surface area contributed by atoms with Crippen molar-refractivity contribution in [3.8, 4) is 0 Å². The molecule has 0 bridgehead atoms. The zero-order valence-electron chi connectivity index (χ0n) is 16.1. The minimum absolute atomic E-state index is 0.0557. The van der Waals surface area contributed by atoms with Gasteiger partial charge in [0.15, 0.2) is 0 Å². The van der Waals surface area contributed by atoms with E-state index in [-0.39, 0.29) is 28.6 Å². The number of aliphatic hydroxyl groups excluding tert-OH is 1. The lowest BCUT2D eigenvalue weighted by Gasteiger charge is -2.62. The zero-order valence-corrected chi connectivity index (χ0v) is 16.1. The zero-order chi connectivity index (χ0) is 18.1. The molecule has 0 aliphatic heterocycles. The van der Waals surface area contributed by atoms with Crippen LogP contribution in [0.4, 0.5) is 0 Å². The summed E-state index contributed by atoms with van der Waals surface area (Å²) < 4.78 is 0. The molecule has 3 nitrogen and oxygen atoms in total. The summed E-state index contributed by atoms with van der Waals surface area (Å²) >= 11 is 0. The van der Waals surface area contributed by atoms with E-state index in [1.807, 2.05) is 0 Å². The van der Waals surface area contributed by atoms with Gasteiger partial charge in [-0.1, -0.05) is 39.8 Å². The molecule has 2 fully saturated rings. The van der Waals surface area contributed by atoms with E-state index in [4.69, 9.17) is 0 Å². The van der Waals surface area contributed by atoms with Crippen molar-refractivity contribution < 1.29 is 15.0 Å². The van der Waals surface area contributed by atoms with Crippen molar-refractivity contribution in [1.29, 1.82) is 0 Å². The van der Waals surface area contributed by atoms with E-state index in [2.05, 4.69) is 46.8 Å². The van der Waals surface area contributed by atoms with Gasteiger partial charge in [0.1, 0.15) is 5.78 Å². The lowest BCUT2D eigenvalue weighted by atomic mass is 9.42. The molecule has 2 N–H and O–H groups in total. The fourth-order valence-corrected chi connectivity index (χ4v) is 5.99. The highest BCUT2D eigenvalue weighted by Crippen LogP contribution is 2.64. The third kappa shape index (κ3) is 2.13. The summed E-state index contributed by atoms with van der Waals surface area (Å²) in [6.07, 6.45) is 6.78. The minimum Gasteiger partial charge on any atom is -0.390 e. The number of hydrogen-bond donors (Lipinski definition) is 2. The van der Waals surface area contributed by atoms with Crippen molar-refractivity contribution in [1.82, 2.24) is 0 Å². The fourth-order valence-electron chi connectivity index (χ4n) is 5.99. The van der Waals surface area contributed by atoms with Crippen molar-refractivity contribution in [3.63, 3.8) is 0 Å². The van der Waals surface area contributed by atoms with E-state index >= 15 is 0 Å². The third-order valence-electron chi connectivity index (χ3n) is 8.25. The number of Topliss-reactive ketones (excluding diaryl/α,β-unsaturated/α-hetero) is 1. The SMILES string of the molecule is CC(C)C1(C)C=CC2C(C)(CCC3C(O)C(C)(O)CCC32C)C1=O. The van der Waals surface area contributed by atoms with Gasteiger partial charge in [0.05, 0.1) is 11.7 Å². The molecule has 7 atom stereocenters. The van der Waals surface area contributed by atoms with Crippen LogP contribution in [0.5, 0.6) is 0 Å². The second-order valence-electron chi connectivity index (χ2n) is 9.97. The Morgan fingerprint density at radius 2 is 1.75 bits per heavy atom. The standard InChI is InChI=1S/C21H34O3/c1-13(2)18(3)10-8-15-19(4)11-12-21(6,24)16(22)14(19)7-9-20(15,5)17(18)23/h8,10,13-16,22,24H,7,9,11-12H2,1-6H3. The smallest absolute Gasteiger partial charge is 0.149 e. The maximum absolute atomic E-state index is 13.5. The molecule has 3 aliphatic rings. The van der Waals surface area contributed by atoms with Crippen LogP contribution < -0.4 is 0 Å². The number of rotatable bonds is 1. The van der Waals surface area contributed by atoms with Crippen LogP contribution in [0.3, 0.4) is 0 Å². The van der Waals surface area contributed by atoms with E-state index in [9.17, 15) is 15.0 Å². The molecule has 0 heterocycles. The lowest BCUT2D eigenvalue weighted by Crippen LogP contribution is -2.64. The van der Waals surface area contributed by atoms with Crippen molar-refractivity contribution in [2.24, 2.45) is 34.0 Å². The Morgan fingerprint density at radius 1 is 1.12 bits per heavy atom. The number of carbonyl (C=O) groups is 1. The van der Waals surface area contributed by atoms with Gasteiger partial charge in [0.2, 0.25) is 0 Å². The molecule has 0 amide bonds. The first kappa shape index (κ1) is 18.1. The number of ketones is 1. The van der Waals surface area contributed by atoms with Crippen molar-refractivity contribution in [3.05, 3.63) is 12.2 Å². The van der Waals surface area contributed by atoms with E-state index in [0.717, 1.165) is 19.3 Å². The van der Waals surface area contributed by atoms with Crippen LogP contribution in [0.1, 0.15) is 67.2 Å². The first-order valence-corrected chi connectivity index (χ1v) is 9.54. The lowest BCUT2D eigenvalue weighted by molar-refractivity contribution is -0.198. The van der Waals surface area contributed by atoms with Crippen LogP contribution in [-0.4, -0.2) is 27.7 Å². The summed E-state index contributed by atoms with van der Waals surface area (Å²) in [6, 6.07) is 0. The monoisotopic (exact) mass is 334 g/mol. The maximum Gasteiger partial charge on any atom is 0.149 e. The largest absolute Gasteiger partial charge is 0.390 e. The average Bonchev–Trinajstić information content (AvgIpc) is 2.49. The quantitative estimate of drug-likeness (QED) is 0.718. The van der Waals surface area contributed by atoms with E-state index in [1.54, 1.807) is 6.92 Å². The molecule has 2 saturated carbocycles. The molecule has 0 spiro atoms. The molecule has 0 aromatic rings. The Morgan fingerprint density at radius 3 is 2.33 bits per heavy atom. The van der Waals surface area contributed by atoms with Gasteiger partial charge in [0, 0.05) is 10.8 Å². The Bertz CT molecular complexity index is 578. The highest BCUT2D eigenvalue weighted by molar-refractivity contribution is 5.93. The van der Waals surface area contributed by atoms with Gasteiger partial charge in [-0.3, -0.25) is 4.79 Å². The molecule has 136 valence electrons. The Hall–Kier alpha value is -0.670. The number of carbonyl (C=O) groups excluding carboxylic acids is 1. The van der Waals surface area contributed by atoms with Crippen LogP contribution in [0.15, 0.2) is 12.2 Å². The Kier molecular flexibility index (Phi) is 3.91. The van der Waals surface area contributed by atoms with Gasteiger partial charge < -0.3 is 10.2 Å². The minimum atomic E-state index is -1.01. The first-order chi connectivity index (χ1) is 10.9. The molecule has 3 aliphatic carbocycles. The number of allylic oxidation sites excluding steroid dienone is 2. The number of aliphatic hydroxyl groups is 2. The predicted octanol–water partition coefficient (Wildman–Crippen LogP) is 3.73. The van der Waals surface area contributed by atoms with E-state index in [0.29, 0.717) is 12.2 Å². The molecule has 0 aromatic carbocycles. The molecule has 7 unspecified atom stereocenters. The first-order valence-electron chi connectivity index (χ1n) is 9.54.